The van der Waals surface area contributed by atoms with Crippen molar-refractivity contribution in [1.82, 2.24) is 10.6 Å². The van der Waals surface area contributed by atoms with Crippen LogP contribution in [0.2, 0.25) is 0 Å². The number of carbonyl (C=O) groups is 2. The summed E-state index contributed by atoms with van der Waals surface area (Å²) in [7, 11) is 1.61. The maximum absolute atomic E-state index is 12.0. The first kappa shape index (κ1) is 17.0. The number of fused-ring (bicyclic) bond motifs is 1. The van der Waals surface area contributed by atoms with Gasteiger partial charge in [0.25, 0.3) is 0 Å². The predicted octanol–water partition coefficient (Wildman–Crippen LogP) is 2.36. The van der Waals surface area contributed by atoms with Gasteiger partial charge >= 0.3 is 6.03 Å². The number of hydrogen-bond donors (Lipinski definition) is 3. The highest BCUT2D eigenvalue weighted by Crippen LogP contribution is 2.33. The van der Waals surface area contributed by atoms with Crippen LogP contribution in [0.15, 0.2) is 24.3 Å². The van der Waals surface area contributed by atoms with E-state index in [2.05, 4.69) is 16.0 Å². The Morgan fingerprint density at radius 1 is 1.38 bits per heavy atom. The molecule has 0 radical (unpaired) electrons. The summed E-state index contributed by atoms with van der Waals surface area (Å²) in [4.78, 5) is 23.4. The first-order valence-electron chi connectivity index (χ1n) is 8.28. The van der Waals surface area contributed by atoms with Gasteiger partial charge in [-0.3, -0.25) is 4.79 Å². The van der Waals surface area contributed by atoms with Crippen molar-refractivity contribution < 1.29 is 14.3 Å². The van der Waals surface area contributed by atoms with Crippen molar-refractivity contribution in [3.63, 3.8) is 0 Å². The van der Waals surface area contributed by atoms with Gasteiger partial charge in [0, 0.05) is 29.2 Å². The standard InChI is InChI=1S/C17H23N3O3S/c1-23-12-6-4-5-11(9-12)18-15(21)8-3-2-7-14-16-13(10-24-14)19-17(22)20-16/h4-6,9,13-14,16H,2-3,7-8,10H2,1H3,(H,18,21)(H2,19,20,22). The minimum atomic E-state index is -0.0482. The Morgan fingerprint density at radius 2 is 2.25 bits per heavy atom. The third-order valence-corrected chi connectivity index (χ3v) is 5.94. The van der Waals surface area contributed by atoms with Crippen LogP contribution >= 0.6 is 11.8 Å². The zero-order valence-electron chi connectivity index (χ0n) is 13.7. The van der Waals surface area contributed by atoms with Crippen LogP contribution < -0.4 is 20.7 Å². The molecule has 2 aliphatic rings. The summed E-state index contributed by atoms with van der Waals surface area (Å²) < 4.78 is 5.15. The van der Waals surface area contributed by atoms with Gasteiger partial charge in [-0.05, 0) is 25.0 Å². The van der Waals surface area contributed by atoms with Crippen LogP contribution in [0, 0.1) is 0 Å². The van der Waals surface area contributed by atoms with E-state index in [9.17, 15) is 9.59 Å². The fourth-order valence-electron chi connectivity index (χ4n) is 3.20. The van der Waals surface area contributed by atoms with Gasteiger partial charge in [0.1, 0.15) is 5.75 Å². The van der Waals surface area contributed by atoms with Crippen LogP contribution in [0.3, 0.4) is 0 Å². The van der Waals surface area contributed by atoms with Crippen LogP contribution in [0.1, 0.15) is 25.7 Å². The van der Waals surface area contributed by atoms with Crippen molar-refractivity contribution in [2.24, 2.45) is 0 Å². The third kappa shape index (κ3) is 4.14. The summed E-state index contributed by atoms with van der Waals surface area (Å²) in [6.07, 6.45) is 3.38. The number of nitrogens with one attached hydrogen (secondary N) is 3. The van der Waals surface area contributed by atoms with Crippen LogP contribution in [0.25, 0.3) is 0 Å². The zero-order chi connectivity index (χ0) is 16.9. The number of urea groups is 1. The van der Waals surface area contributed by atoms with Crippen LogP contribution in [0.5, 0.6) is 5.75 Å². The SMILES string of the molecule is COc1cccc(NC(=O)CCCCC2SCC3NC(=O)NC32)c1. The molecule has 6 nitrogen and oxygen atoms in total. The molecule has 0 saturated carbocycles. The highest BCUT2D eigenvalue weighted by Gasteiger charge is 2.42. The molecule has 130 valence electrons. The minimum Gasteiger partial charge on any atom is -0.497 e. The maximum atomic E-state index is 12.0. The van der Waals surface area contributed by atoms with E-state index in [1.807, 2.05) is 36.0 Å². The maximum Gasteiger partial charge on any atom is 0.315 e. The van der Waals surface area contributed by atoms with E-state index < -0.39 is 0 Å². The van der Waals surface area contributed by atoms with E-state index in [-0.39, 0.29) is 24.0 Å². The van der Waals surface area contributed by atoms with Crippen molar-refractivity contribution in [2.75, 3.05) is 18.2 Å². The Kier molecular flexibility index (Phi) is 5.50. The summed E-state index contributed by atoms with van der Waals surface area (Å²) >= 11 is 1.91. The molecule has 1 aromatic rings. The quantitative estimate of drug-likeness (QED) is 0.521. The van der Waals surface area contributed by atoms with E-state index in [0.29, 0.717) is 11.7 Å². The van der Waals surface area contributed by atoms with Crippen molar-refractivity contribution >= 4 is 29.4 Å². The molecular formula is C17H23N3O3S. The number of rotatable bonds is 7. The number of benzene rings is 1. The molecule has 3 rings (SSSR count). The fourth-order valence-corrected chi connectivity index (χ4v) is 4.74. The van der Waals surface area contributed by atoms with E-state index in [1.54, 1.807) is 7.11 Å². The molecule has 3 atom stereocenters. The monoisotopic (exact) mass is 349 g/mol. The molecule has 0 aromatic heterocycles. The van der Waals surface area contributed by atoms with Gasteiger partial charge in [-0.2, -0.15) is 11.8 Å². The molecule has 24 heavy (non-hydrogen) atoms. The van der Waals surface area contributed by atoms with Crippen molar-refractivity contribution in [3.8, 4) is 5.75 Å². The Morgan fingerprint density at radius 3 is 3.08 bits per heavy atom. The van der Waals surface area contributed by atoms with Crippen LogP contribution in [-0.2, 0) is 4.79 Å². The molecule has 3 N–H and O–H groups in total. The molecule has 0 aliphatic carbocycles. The molecule has 7 heteroatoms. The number of amides is 3. The van der Waals surface area contributed by atoms with Gasteiger partial charge in [0.2, 0.25) is 5.91 Å². The first-order chi connectivity index (χ1) is 11.7. The highest BCUT2D eigenvalue weighted by atomic mass is 32.2. The van der Waals surface area contributed by atoms with Crippen LogP contribution in [0.4, 0.5) is 10.5 Å². The fraction of sp³-hybridized carbons (Fsp3) is 0.529. The van der Waals surface area contributed by atoms with Gasteiger partial charge in [-0.25, -0.2) is 4.79 Å². The van der Waals surface area contributed by atoms with Gasteiger partial charge in [0.05, 0.1) is 19.2 Å². The van der Waals surface area contributed by atoms with Gasteiger partial charge < -0.3 is 20.7 Å². The Labute approximate surface area is 146 Å². The van der Waals surface area contributed by atoms with Crippen molar-refractivity contribution in [3.05, 3.63) is 24.3 Å². The van der Waals surface area contributed by atoms with Crippen molar-refractivity contribution in [2.45, 2.75) is 43.0 Å². The lowest BCUT2D eigenvalue weighted by molar-refractivity contribution is -0.116. The van der Waals surface area contributed by atoms with Gasteiger partial charge in [-0.1, -0.05) is 12.5 Å². The normalized spacial score (nSPS) is 24.9. The minimum absolute atomic E-state index is 0.0241. The average Bonchev–Trinajstić information content (AvgIpc) is 3.11. The molecule has 2 heterocycles. The number of hydrogen-bond acceptors (Lipinski definition) is 4. The lowest BCUT2D eigenvalue weighted by atomic mass is 10.0. The molecule has 2 saturated heterocycles. The lowest BCUT2D eigenvalue weighted by Crippen LogP contribution is -2.36. The Hall–Kier alpha value is -1.89. The lowest BCUT2D eigenvalue weighted by Gasteiger charge is -2.16. The molecule has 0 spiro atoms. The molecule has 2 fully saturated rings. The van der Waals surface area contributed by atoms with E-state index in [0.717, 1.165) is 36.5 Å². The van der Waals surface area contributed by atoms with Gasteiger partial charge in [-0.15, -0.1) is 0 Å². The van der Waals surface area contributed by atoms with Crippen molar-refractivity contribution in [1.29, 1.82) is 0 Å². The first-order valence-corrected chi connectivity index (χ1v) is 9.33. The second-order valence-corrected chi connectivity index (χ2v) is 7.42. The van der Waals surface area contributed by atoms with Crippen LogP contribution in [-0.4, -0.2) is 42.1 Å². The number of ether oxygens (including phenoxy) is 1. The second kappa shape index (κ2) is 7.79. The largest absolute Gasteiger partial charge is 0.497 e. The average molecular weight is 349 g/mol. The molecular weight excluding hydrogens is 326 g/mol. The number of anilines is 1. The van der Waals surface area contributed by atoms with E-state index >= 15 is 0 Å². The molecule has 1 aromatic carbocycles. The summed E-state index contributed by atoms with van der Waals surface area (Å²) in [6.45, 7) is 0. The highest BCUT2D eigenvalue weighted by molar-refractivity contribution is 8.00. The second-order valence-electron chi connectivity index (χ2n) is 6.15. The topological polar surface area (TPSA) is 79.5 Å². The Balaban J connectivity index is 1.36. The zero-order valence-corrected chi connectivity index (χ0v) is 14.5. The smallest absolute Gasteiger partial charge is 0.315 e. The van der Waals surface area contributed by atoms with Gasteiger partial charge in [0.15, 0.2) is 0 Å². The Bertz CT molecular complexity index is 610. The van der Waals surface area contributed by atoms with E-state index in [4.69, 9.17) is 4.74 Å². The molecule has 3 unspecified atom stereocenters. The predicted molar refractivity (Wildman–Crippen MR) is 95.6 cm³/mol. The number of thioether (sulfide) groups is 1. The molecule has 2 aliphatic heterocycles. The van der Waals surface area contributed by atoms with E-state index in [1.165, 1.54) is 0 Å². The summed E-state index contributed by atoms with van der Waals surface area (Å²) in [5.74, 6) is 1.73. The number of unbranched alkanes of at least 4 members (excludes halogenated alkanes) is 1. The summed E-state index contributed by atoms with van der Waals surface area (Å²) in [5, 5.41) is 9.29. The number of carbonyl (C=O) groups excluding carboxylic acids is 2. The summed E-state index contributed by atoms with van der Waals surface area (Å²) in [5.41, 5.74) is 0.758. The summed E-state index contributed by atoms with van der Waals surface area (Å²) in [6, 6.07) is 7.82. The third-order valence-electron chi connectivity index (χ3n) is 4.43. The number of methoxy groups -OCH3 is 1. The molecule has 3 amide bonds. The molecule has 0 bridgehead atoms.